The van der Waals surface area contributed by atoms with E-state index in [2.05, 4.69) is 20.4 Å². The highest BCUT2D eigenvalue weighted by Gasteiger charge is 1.98. The van der Waals surface area contributed by atoms with Crippen LogP contribution in [-0.4, -0.2) is 33.4 Å². The molecular weight excluding hydrogens is 218 g/mol. The van der Waals surface area contributed by atoms with Gasteiger partial charge in [0.2, 0.25) is 5.95 Å². The first kappa shape index (κ1) is 11.4. The van der Waals surface area contributed by atoms with Gasteiger partial charge in [-0.05, 0) is 12.0 Å². The van der Waals surface area contributed by atoms with Gasteiger partial charge in [0.1, 0.15) is 0 Å². The normalized spacial score (nSPS) is 10.2. The Kier molecular flexibility index (Phi) is 3.54. The van der Waals surface area contributed by atoms with E-state index in [4.69, 9.17) is 4.74 Å². The van der Waals surface area contributed by atoms with E-state index in [9.17, 15) is 0 Å². The smallest absolute Gasteiger partial charge is 0.222 e. The molecule has 0 spiro atoms. The molecule has 0 aliphatic carbocycles. The zero-order chi connectivity index (χ0) is 12.1. The standard InChI is InChI=1S/C11H15N5O/c1-16-8-9(5-15-16)3-4-12-11-13-6-10(17-2)7-14-11/h5-8H,3-4H2,1-2H3,(H,12,13,14). The number of hydrogen-bond donors (Lipinski definition) is 1. The van der Waals surface area contributed by atoms with Crippen molar-refractivity contribution in [3.63, 3.8) is 0 Å². The molecule has 2 aromatic rings. The molecule has 0 bridgehead atoms. The van der Waals surface area contributed by atoms with Gasteiger partial charge in [0.05, 0.1) is 25.7 Å². The second-order valence-corrected chi connectivity index (χ2v) is 3.65. The molecule has 0 aromatic carbocycles. The number of nitrogens with one attached hydrogen (secondary N) is 1. The van der Waals surface area contributed by atoms with Gasteiger partial charge in [-0.3, -0.25) is 4.68 Å². The quantitative estimate of drug-likeness (QED) is 0.830. The number of ether oxygens (including phenoxy) is 1. The lowest BCUT2D eigenvalue weighted by molar-refractivity contribution is 0.411. The van der Waals surface area contributed by atoms with E-state index >= 15 is 0 Å². The molecule has 2 rings (SSSR count). The first-order valence-electron chi connectivity index (χ1n) is 5.35. The minimum atomic E-state index is 0.606. The number of rotatable bonds is 5. The molecule has 2 aromatic heterocycles. The van der Waals surface area contributed by atoms with Gasteiger partial charge in [0.15, 0.2) is 5.75 Å². The van der Waals surface area contributed by atoms with E-state index in [1.165, 1.54) is 5.56 Å². The van der Waals surface area contributed by atoms with Gasteiger partial charge in [-0.2, -0.15) is 5.10 Å². The van der Waals surface area contributed by atoms with Crippen molar-refractivity contribution in [1.82, 2.24) is 19.7 Å². The van der Waals surface area contributed by atoms with Crippen LogP contribution in [0.1, 0.15) is 5.56 Å². The van der Waals surface area contributed by atoms with E-state index in [-0.39, 0.29) is 0 Å². The highest BCUT2D eigenvalue weighted by Crippen LogP contribution is 2.07. The summed E-state index contributed by atoms with van der Waals surface area (Å²) < 4.78 is 6.77. The van der Waals surface area contributed by atoms with Crippen LogP contribution in [0.5, 0.6) is 5.75 Å². The number of nitrogens with zero attached hydrogens (tertiary/aromatic N) is 4. The maximum atomic E-state index is 4.98. The molecule has 0 radical (unpaired) electrons. The molecule has 90 valence electrons. The Bertz CT molecular complexity index is 465. The second-order valence-electron chi connectivity index (χ2n) is 3.65. The maximum absolute atomic E-state index is 4.98. The van der Waals surface area contributed by atoms with E-state index in [0.29, 0.717) is 11.7 Å². The van der Waals surface area contributed by atoms with Gasteiger partial charge in [-0.15, -0.1) is 0 Å². The molecule has 1 N–H and O–H groups in total. The third-order valence-corrected chi connectivity index (χ3v) is 2.32. The number of anilines is 1. The third-order valence-electron chi connectivity index (χ3n) is 2.32. The summed E-state index contributed by atoms with van der Waals surface area (Å²) in [5.41, 5.74) is 1.19. The summed E-state index contributed by atoms with van der Waals surface area (Å²) in [5.74, 6) is 1.26. The topological polar surface area (TPSA) is 64.9 Å². The maximum Gasteiger partial charge on any atom is 0.222 e. The molecule has 0 unspecified atom stereocenters. The molecule has 6 heteroatoms. The molecule has 2 heterocycles. The average Bonchev–Trinajstić information content (AvgIpc) is 2.76. The van der Waals surface area contributed by atoms with Gasteiger partial charge in [-0.1, -0.05) is 0 Å². The molecule has 0 atom stereocenters. The van der Waals surface area contributed by atoms with Crippen LogP contribution in [0, 0.1) is 0 Å². The van der Waals surface area contributed by atoms with Gasteiger partial charge in [-0.25, -0.2) is 9.97 Å². The Morgan fingerprint density at radius 1 is 1.29 bits per heavy atom. The number of aryl methyl sites for hydroxylation is 1. The summed E-state index contributed by atoms with van der Waals surface area (Å²) in [5, 5.41) is 7.24. The van der Waals surface area contributed by atoms with Crippen molar-refractivity contribution < 1.29 is 4.74 Å². The highest BCUT2D eigenvalue weighted by atomic mass is 16.5. The lowest BCUT2D eigenvalue weighted by Gasteiger charge is -2.03. The fourth-order valence-electron chi connectivity index (χ4n) is 1.43. The Labute approximate surface area is 99.7 Å². The van der Waals surface area contributed by atoms with Crippen molar-refractivity contribution in [3.05, 3.63) is 30.4 Å². The van der Waals surface area contributed by atoms with E-state index in [1.807, 2.05) is 19.4 Å². The molecule has 0 fully saturated rings. The van der Waals surface area contributed by atoms with Crippen LogP contribution in [0.3, 0.4) is 0 Å². The van der Waals surface area contributed by atoms with Gasteiger partial charge < -0.3 is 10.1 Å². The average molecular weight is 233 g/mol. The van der Waals surface area contributed by atoms with Crippen molar-refractivity contribution in [3.8, 4) is 5.75 Å². The monoisotopic (exact) mass is 233 g/mol. The summed E-state index contributed by atoms with van der Waals surface area (Å²) in [6, 6.07) is 0. The Hall–Kier alpha value is -2.11. The van der Waals surface area contributed by atoms with Crippen molar-refractivity contribution >= 4 is 5.95 Å². The summed E-state index contributed by atoms with van der Waals surface area (Å²) in [6.07, 6.45) is 8.02. The van der Waals surface area contributed by atoms with E-state index in [1.54, 1.807) is 24.2 Å². The summed E-state index contributed by atoms with van der Waals surface area (Å²) in [6.45, 7) is 0.776. The van der Waals surface area contributed by atoms with Crippen molar-refractivity contribution in [1.29, 1.82) is 0 Å². The van der Waals surface area contributed by atoms with E-state index < -0.39 is 0 Å². The fraction of sp³-hybridized carbons (Fsp3) is 0.364. The molecule has 6 nitrogen and oxygen atoms in total. The SMILES string of the molecule is COc1cnc(NCCc2cnn(C)c2)nc1. The molecule has 0 amide bonds. The van der Waals surface area contributed by atoms with Crippen LogP contribution in [-0.2, 0) is 13.5 Å². The molecule has 17 heavy (non-hydrogen) atoms. The second kappa shape index (κ2) is 5.29. The Morgan fingerprint density at radius 3 is 2.65 bits per heavy atom. The van der Waals surface area contributed by atoms with Crippen molar-refractivity contribution in [2.45, 2.75) is 6.42 Å². The number of aromatic nitrogens is 4. The zero-order valence-electron chi connectivity index (χ0n) is 9.92. The predicted molar refractivity (Wildman–Crippen MR) is 64.0 cm³/mol. The van der Waals surface area contributed by atoms with Crippen LogP contribution in [0.25, 0.3) is 0 Å². The molecule has 0 aliphatic heterocycles. The lowest BCUT2D eigenvalue weighted by atomic mass is 10.2. The lowest BCUT2D eigenvalue weighted by Crippen LogP contribution is -2.07. The van der Waals surface area contributed by atoms with E-state index in [0.717, 1.165) is 13.0 Å². The fourth-order valence-corrected chi connectivity index (χ4v) is 1.43. The minimum absolute atomic E-state index is 0.606. The van der Waals surface area contributed by atoms with Crippen molar-refractivity contribution in [2.24, 2.45) is 7.05 Å². The Balaban J connectivity index is 1.81. The van der Waals surface area contributed by atoms with Gasteiger partial charge >= 0.3 is 0 Å². The van der Waals surface area contributed by atoms with Crippen LogP contribution in [0.2, 0.25) is 0 Å². The van der Waals surface area contributed by atoms with Crippen molar-refractivity contribution in [2.75, 3.05) is 19.0 Å². The number of hydrogen-bond acceptors (Lipinski definition) is 5. The molecular formula is C11H15N5O. The van der Waals surface area contributed by atoms with Gasteiger partial charge in [0, 0.05) is 19.8 Å². The summed E-state index contributed by atoms with van der Waals surface area (Å²) in [7, 11) is 3.50. The van der Waals surface area contributed by atoms with Crippen LogP contribution in [0.4, 0.5) is 5.95 Å². The zero-order valence-corrected chi connectivity index (χ0v) is 9.92. The predicted octanol–water partition coefficient (Wildman–Crippen LogP) is 0.873. The van der Waals surface area contributed by atoms with Gasteiger partial charge in [0.25, 0.3) is 0 Å². The largest absolute Gasteiger partial charge is 0.494 e. The highest BCUT2D eigenvalue weighted by molar-refractivity contribution is 5.27. The first-order chi connectivity index (χ1) is 8.28. The minimum Gasteiger partial charge on any atom is -0.494 e. The molecule has 0 saturated heterocycles. The number of methoxy groups -OCH3 is 1. The third kappa shape index (κ3) is 3.17. The van der Waals surface area contributed by atoms with Crippen LogP contribution < -0.4 is 10.1 Å². The summed E-state index contributed by atoms with van der Waals surface area (Å²) in [4.78, 5) is 8.24. The Morgan fingerprint density at radius 2 is 2.06 bits per heavy atom. The van der Waals surface area contributed by atoms with Crippen LogP contribution in [0.15, 0.2) is 24.8 Å². The molecule has 0 aliphatic rings. The summed E-state index contributed by atoms with van der Waals surface area (Å²) >= 11 is 0. The first-order valence-corrected chi connectivity index (χ1v) is 5.35. The molecule has 0 saturated carbocycles. The van der Waals surface area contributed by atoms with Crippen LogP contribution >= 0.6 is 0 Å².